The van der Waals surface area contributed by atoms with Crippen LogP contribution in [-0.4, -0.2) is 4.98 Å². The van der Waals surface area contributed by atoms with Gasteiger partial charge in [0.25, 0.3) is 0 Å². The lowest BCUT2D eigenvalue weighted by atomic mass is 11.0. The molecule has 0 saturated carbocycles. The molecular formula is C3H3ClN2S. The molecule has 0 aliphatic rings. The first-order chi connectivity index (χ1) is 3.43. The first-order valence-electron chi connectivity index (χ1n) is 1.69. The van der Waals surface area contributed by atoms with Gasteiger partial charge in [-0.25, -0.2) is 4.98 Å². The van der Waals surface area contributed by atoms with Crippen LogP contribution in [0.5, 0.6) is 0 Å². The number of nitrogens with zero attached hydrogens (tertiary/aromatic N) is 1. The molecule has 1 rings (SSSR count). The van der Waals surface area contributed by atoms with Gasteiger partial charge in [0.15, 0.2) is 5.13 Å². The highest BCUT2D eigenvalue weighted by Gasteiger charge is 1.84. The molecule has 1 aromatic rings. The Labute approximate surface area is 50.3 Å². The van der Waals surface area contributed by atoms with E-state index in [1.165, 1.54) is 11.3 Å². The van der Waals surface area contributed by atoms with Gasteiger partial charge in [-0.2, -0.15) is 0 Å². The first kappa shape index (κ1) is 4.87. The molecule has 7 heavy (non-hydrogen) atoms. The lowest BCUT2D eigenvalue weighted by Crippen LogP contribution is -1.72. The molecular weight excluding hydrogens is 132 g/mol. The Balaban J connectivity index is 2.76. The molecule has 4 heteroatoms. The fourth-order valence-electron chi connectivity index (χ4n) is 0.270. The van der Waals surface area contributed by atoms with Gasteiger partial charge in [0.05, 0.1) is 0 Å². The maximum absolute atomic E-state index is 5.17. The van der Waals surface area contributed by atoms with E-state index in [0.29, 0.717) is 0 Å². The van der Waals surface area contributed by atoms with Gasteiger partial charge >= 0.3 is 0 Å². The molecule has 0 amide bonds. The fourth-order valence-corrected chi connectivity index (χ4v) is 0.869. The Bertz CT molecular complexity index is 127. The van der Waals surface area contributed by atoms with Crippen LogP contribution >= 0.6 is 23.1 Å². The highest BCUT2D eigenvalue weighted by molar-refractivity contribution is 7.13. The summed E-state index contributed by atoms with van der Waals surface area (Å²) in [5.74, 6) is 0. The molecule has 0 aromatic carbocycles. The third-order valence-corrected chi connectivity index (χ3v) is 1.49. The highest BCUT2D eigenvalue weighted by atomic mass is 35.5. The zero-order chi connectivity index (χ0) is 5.11. The minimum absolute atomic E-state index is 0.738. The van der Waals surface area contributed by atoms with Crippen LogP contribution in [0.25, 0.3) is 0 Å². The molecule has 0 saturated heterocycles. The Hall–Kier alpha value is -0.280. The van der Waals surface area contributed by atoms with Gasteiger partial charge in [-0.3, -0.25) is 4.84 Å². The molecule has 0 aliphatic carbocycles. The van der Waals surface area contributed by atoms with Crippen molar-refractivity contribution in [3.05, 3.63) is 11.6 Å². The average Bonchev–Trinajstić information content (AvgIpc) is 2.14. The van der Waals surface area contributed by atoms with E-state index in [-0.39, 0.29) is 0 Å². The van der Waals surface area contributed by atoms with Gasteiger partial charge in [0, 0.05) is 23.4 Å². The number of rotatable bonds is 1. The predicted octanol–water partition coefficient (Wildman–Crippen LogP) is 1.71. The van der Waals surface area contributed by atoms with Gasteiger partial charge in [0.1, 0.15) is 0 Å². The summed E-state index contributed by atoms with van der Waals surface area (Å²) in [6.45, 7) is 0. The van der Waals surface area contributed by atoms with Crippen molar-refractivity contribution < 1.29 is 0 Å². The van der Waals surface area contributed by atoms with Gasteiger partial charge in [-0.05, 0) is 0 Å². The summed E-state index contributed by atoms with van der Waals surface area (Å²) in [5, 5.41) is 2.59. The van der Waals surface area contributed by atoms with Crippen LogP contribution in [0.1, 0.15) is 0 Å². The molecule has 0 spiro atoms. The monoisotopic (exact) mass is 134 g/mol. The van der Waals surface area contributed by atoms with Gasteiger partial charge in [0.2, 0.25) is 0 Å². The molecule has 0 unspecified atom stereocenters. The van der Waals surface area contributed by atoms with E-state index in [9.17, 15) is 0 Å². The lowest BCUT2D eigenvalue weighted by Gasteiger charge is -1.80. The number of hydrogen-bond acceptors (Lipinski definition) is 3. The van der Waals surface area contributed by atoms with Crippen LogP contribution < -0.4 is 4.84 Å². The number of aromatic nitrogens is 1. The number of hydrogen-bond donors (Lipinski definition) is 1. The molecule has 0 aliphatic heterocycles. The zero-order valence-corrected chi connectivity index (χ0v) is 4.96. The van der Waals surface area contributed by atoms with Crippen LogP contribution in [0.2, 0.25) is 0 Å². The van der Waals surface area contributed by atoms with E-state index in [1.807, 2.05) is 5.38 Å². The van der Waals surface area contributed by atoms with E-state index >= 15 is 0 Å². The predicted molar refractivity (Wildman–Crippen MR) is 31.6 cm³/mol. The third kappa shape index (κ3) is 1.04. The standard InChI is InChI=1S/C3H3ClN2S/c4-6-3-5-1-2-7-3/h1-2H,(H,5,6). The van der Waals surface area contributed by atoms with Crippen molar-refractivity contribution in [2.24, 2.45) is 0 Å². The fraction of sp³-hybridized carbons (Fsp3) is 0. The van der Waals surface area contributed by atoms with Crippen molar-refractivity contribution in [3.8, 4) is 0 Å². The van der Waals surface area contributed by atoms with Gasteiger partial charge < -0.3 is 0 Å². The maximum atomic E-state index is 5.17. The largest absolute Gasteiger partial charge is 0.274 e. The summed E-state index contributed by atoms with van der Waals surface area (Å²) in [4.78, 5) is 6.20. The van der Waals surface area contributed by atoms with E-state index in [2.05, 4.69) is 9.82 Å². The molecule has 0 fully saturated rings. The van der Waals surface area contributed by atoms with Crippen molar-refractivity contribution in [2.45, 2.75) is 0 Å². The van der Waals surface area contributed by atoms with Crippen molar-refractivity contribution in [1.29, 1.82) is 0 Å². The Kier molecular flexibility index (Phi) is 1.49. The van der Waals surface area contributed by atoms with Crippen molar-refractivity contribution in [3.63, 3.8) is 0 Å². The summed E-state index contributed by atoms with van der Waals surface area (Å²) >= 11 is 6.63. The summed E-state index contributed by atoms with van der Waals surface area (Å²) in [6.07, 6.45) is 1.69. The van der Waals surface area contributed by atoms with Gasteiger partial charge in [-0.15, -0.1) is 11.3 Å². The Morgan fingerprint density at radius 3 is 3.00 bits per heavy atom. The van der Waals surface area contributed by atoms with Crippen LogP contribution in [-0.2, 0) is 0 Å². The summed E-state index contributed by atoms with van der Waals surface area (Å²) in [6, 6.07) is 0. The second-order valence-corrected chi connectivity index (χ2v) is 2.02. The Morgan fingerprint density at radius 2 is 2.71 bits per heavy atom. The van der Waals surface area contributed by atoms with Crippen molar-refractivity contribution in [1.82, 2.24) is 4.98 Å². The maximum Gasteiger partial charge on any atom is 0.197 e. The second kappa shape index (κ2) is 2.14. The number of thiazole rings is 1. The van der Waals surface area contributed by atoms with Crippen LogP contribution in [0.3, 0.4) is 0 Å². The molecule has 1 N–H and O–H groups in total. The molecule has 0 bridgehead atoms. The van der Waals surface area contributed by atoms with E-state index < -0.39 is 0 Å². The van der Waals surface area contributed by atoms with E-state index in [1.54, 1.807) is 6.20 Å². The Morgan fingerprint density at radius 1 is 1.86 bits per heavy atom. The SMILES string of the molecule is ClNc1nccs1. The quantitative estimate of drug-likeness (QED) is 0.592. The summed E-state index contributed by atoms with van der Waals surface area (Å²) in [5.41, 5.74) is 0. The minimum atomic E-state index is 0.738. The molecule has 0 atom stereocenters. The molecule has 1 heterocycles. The van der Waals surface area contributed by atoms with Crippen LogP contribution in [0, 0.1) is 0 Å². The van der Waals surface area contributed by atoms with Crippen molar-refractivity contribution in [2.75, 3.05) is 4.84 Å². The number of halogens is 1. The van der Waals surface area contributed by atoms with E-state index in [0.717, 1.165) is 5.13 Å². The highest BCUT2D eigenvalue weighted by Crippen LogP contribution is 2.09. The number of anilines is 1. The summed E-state index contributed by atoms with van der Waals surface area (Å²) < 4.78 is 0. The molecule has 38 valence electrons. The normalized spacial score (nSPS) is 8.71. The van der Waals surface area contributed by atoms with Gasteiger partial charge in [-0.1, -0.05) is 0 Å². The van der Waals surface area contributed by atoms with E-state index in [4.69, 9.17) is 11.8 Å². The minimum Gasteiger partial charge on any atom is -0.274 e. The van der Waals surface area contributed by atoms with Crippen molar-refractivity contribution >= 4 is 28.2 Å². The molecule has 1 aromatic heterocycles. The first-order valence-corrected chi connectivity index (χ1v) is 2.95. The lowest BCUT2D eigenvalue weighted by molar-refractivity contribution is 1.42. The molecule has 2 nitrogen and oxygen atoms in total. The average molecular weight is 135 g/mol. The zero-order valence-electron chi connectivity index (χ0n) is 3.39. The second-order valence-electron chi connectivity index (χ2n) is 0.932. The smallest absolute Gasteiger partial charge is 0.197 e. The summed E-state index contributed by atoms with van der Waals surface area (Å²) in [7, 11) is 0. The third-order valence-electron chi connectivity index (χ3n) is 0.513. The topological polar surface area (TPSA) is 24.9 Å². The number of nitrogens with one attached hydrogen (secondary N) is 1. The molecule has 0 radical (unpaired) electrons. The van der Waals surface area contributed by atoms with Crippen LogP contribution in [0.15, 0.2) is 11.6 Å². The van der Waals surface area contributed by atoms with Crippen LogP contribution in [0.4, 0.5) is 5.13 Å².